The van der Waals surface area contributed by atoms with Crippen LogP contribution in [0.1, 0.15) is 73.6 Å². The zero-order chi connectivity index (χ0) is 28.4. The van der Waals surface area contributed by atoms with Gasteiger partial charge >= 0.3 is 12.2 Å². The first kappa shape index (κ1) is 28.1. The van der Waals surface area contributed by atoms with Gasteiger partial charge in [-0.2, -0.15) is 9.36 Å². The Morgan fingerprint density at radius 2 is 0.974 bits per heavy atom. The molecule has 0 aliphatic rings. The van der Waals surface area contributed by atoms with Gasteiger partial charge in [-0.1, -0.05) is 0 Å². The fourth-order valence-corrected chi connectivity index (χ4v) is 3.20. The molecule has 3 aromatic rings. The van der Waals surface area contributed by atoms with Crippen molar-refractivity contribution in [2.75, 3.05) is 10.6 Å². The molecule has 2 N–H and O–H groups in total. The molecule has 0 saturated carbocycles. The lowest BCUT2D eigenvalue weighted by molar-refractivity contribution is 0.0500. The van der Waals surface area contributed by atoms with Crippen LogP contribution in [-0.2, 0) is 9.47 Å². The maximum atomic E-state index is 12.7. The highest BCUT2D eigenvalue weighted by atomic mass is 16.6. The number of hydrogen-bond donors (Lipinski definition) is 2. The van der Waals surface area contributed by atoms with Crippen molar-refractivity contribution in [1.29, 1.82) is 0 Å². The van der Waals surface area contributed by atoms with Gasteiger partial charge in [0, 0.05) is 34.6 Å². The minimum absolute atomic E-state index is 0.177. The minimum atomic E-state index is -0.691. The van der Waals surface area contributed by atoms with Gasteiger partial charge in [-0.15, -0.1) is 10.2 Å². The minimum Gasteiger partial charge on any atom is -0.442 e. The molecule has 0 unspecified atom stereocenters. The molecule has 12 nitrogen and oxygen atoms in total. The van der Waals surface area contributed by atoms with E-state index < -0.39 is 35.2 Å². The van der Waals surface area contributed by atoms with E-state index in [-0.39, 0.29) is 22.8 Å². The molecule has 2 amide bonds. The highest BCUT2D eigenvalue weighted by Crippen LogP contribution is 2.17. The van der Waals surface area contributed by atoms with E-state index in [0.29, 0.717) is 11.4 Å². The molecule has 202 valence electrons. The molecular formula is C26H32N6O6. The predicted molar refractivity (Wildman–Crippen MR) is 140 cm³/mol. The Bertz CT molecular complexity index is 1270. The van der Waals surface area contributed by atoms with Crippen LogP contribution >= 0.6 is 0 Å². The van der Waals surface area contributed by atoms with Crippen molar-refractivity contribution in [3.05, 3.63) is 58.9 Å². The molecule has 2 aromatic heterocycles. The summed E-state index contributed by atoms with van der Waals surface area (Å²) < 4.78 is 12.8. The summed E-state index contributed by atoms with van der Waals surface area (Å²) in [6.45, 7) is 13.8. The molecule has 12 heteroatoms. The third-order valence-electron chi connectivity index (χ3n) is 4.80. The molecular weight excluding hydrogens is 492 g/mol. The van der Waals surface area contributed by atoms with Crippen LogP contribution in [0.15, 0.2) is 36.4 Å². The van der Waals surface area contributed by atoms with Gasteiger partial charge < -0.3 is 20.1 Å². The van der Waals surface area contributed by atoms with E-state index >= 15 is 0 Å². The average molecular weight is 525 g/mol. The monoisotopic (exact) mass is 524 g/mol. The van der Waals surface area contributed by atoms with Crippen LogP contribution in [0.3, 0.4) is 0 Å². The summed E-state index contributed by atoms with van der Waals surface area (Å²) in [5.41, 5.74) is 0.150. The van der Waals surface area contributed by atoms with E-state index in [1.165, 1.54) is 24.3 Å². The lowest BCUT2D eigenvalue weighted by Gasteiger charge is -2.19. The van der Waals surface area contributed by atoms with Crippen LogP contribution in [-0.4, -0.2) is 54.8 Å². The Morgan fingerprint density at radius 3 is 1.26 bits per heavy atom. The lowest BCUT2D eigenvalue weighted by atomic mass is 10.1. The fraction of sp³-hybridized carbons (Fsp3) is 0.385. The van der Waals surface area contributed by atoms with Gasteiger partial charge in [-0.25, -0.2) is 9.59 Å². The summed E-state index contributed by atoms with van der Waals surface area (Å²) >= 11 is 0. The molecule has 0 bridgehead atoms. The maximum absolute atomic E-state index is 12.7. The molecule has 0 spiro atoms. The average Bonchev–Trinajstić information content (AvgIpc) is 3.33. The van der Waals surface area contributed by atoms with Crippen molar-refractivity contribution in [3.8, 4) is 0 Å². The molecule has 0 aliphatic carbocycles. The number of ether oxygens (including phenoxy) is 2. The second-order valence-corrected chi connectivity index (χ2v) is 10.6. The number of anilines is 2. The standard InChI is InChI=1S/C26H32N6O6/c1-15-13-19(29-31(15)23(35)37-25(3,4)5)27-21(33)17-9-11-18(12-10-17)22(34)28-20-14-16(2)32(30-20)24(36)38-26(6,7)8/h9-14H,1-8H3,(H,27,29,33)(H,28,30,34). The van der Waals surface area contributed by atoms with Crippen LogP contribution in [0.25, 0.3) is 0 Å². The summed E-state index contributed by atoms with van der Waals surface area (Å²) in [5, 5.41) is 13.4. The Hall–Kier alpha value is -4.48. The molecule has 0 saturated heterocycles. The van der Waals surface area contributed by atoms with Gasteiger partial charge in [0.15, 0.2) is 11.6 Å². The van der Waals surface area contributed by atoms with E-state index in [9.17, 15) is 19.2 Å². The van der Waals surface area contributed by atoms with E-state index in [2.05, 4.69) is 20.8 Å². The van der Waals surface area contributed by atoms with Crippen LogP contribution < -0.4 is 10.6 Å². The van der Waals surface area contributed by atoms with Gasteiger partial charge in [0.25, 0.3) is 11.8 Å². The van der Waals surface area contributed by atoms with Crippen LogP contribution in [0.2, 0.25) is 0 Å². The number of nitrogens with one attached hydrogen (secondary N) is 2. The molecule has 1 aromatic carbocycles. The molecule has 0 atom stereocenters. The molecule has 0 aliphatic heterocycles. The number of aromatic nitrogens is 4. The Balaban J connectivity index is 1.64. The molecule has 38 heavy (non-hydrogen) atoms. The van der Waals surface area contributed by atoms with Gasteiger partial charge in [-0.05, 0) is 79.7 Å². The Morgan fingerprint density at radius 1 is 0.658 bits per heavy atom. The predicted octanol–water partition coefficient (Wildman–Crippen LogP) is 4.77. The first-order valence-corrected chi connectivity index (χ1v) is 11.9. The van der Waals surface area contributed by atoms with Gasteiger partial charge in [0.2, 0.25) is 0 Å². The largest absolute Gasteiger partial charge is 0.442 e. The van der Waals surface area contributed by atoms with E-state index in [1.54, 1.807) is 67.5 Å². The van der Waals surface area contributed by atoms with E-state index in [4.69, 9.17) is 9.47 Å². The Kier molecular flexibility index (Phi) is 7.75. The number of nitrogens with zero attached hydrogens (tertiary/aromatic N) is 4. The van der Waals surface area contributed by atoms with Crippen molar-refractivity contribution in [2.45, 2.75) is 66.6 Å². The number of rotatable bonds is 4. The zero-order valence-corrected chi connectivity index (χ0v) is 22.7. The number of carbonyl (C=O) groups is 4. The van der Waals surface area contributed by atoms with Crippen molar-refractivity contribution in [1.82, 2.24) is 19.6 Å². The van der Waals surface area contributed by atoms with Gasteiger partial charge in [-0.3, -0.25) is 9.59 Å². The molecule has 0 radical (unpaired) electrons. The highest BCUT2D eigenvalue weighted by Gasteiger charge is 2.22. The van der Waals surface area contributed by atoms with Crippen LogP contribution in [0, 0.1) is 13.8 Å². The van der Waals surface area contributed by atoms with E-state index in [1.807, 2.05) is 0 Å². The summed E-state index contributed by atoms with van der Waals surface area (Å²) in [4.78, 5) is 49.9. The highest BCUT2D eigenvalue weighted by molar-refractivity contribution is 6.06. The first-order valence-electron chi connectivity index (χ1n) is 11.9. The van der Waals surface area contributed by atoms with Gasteiger partial charge in [0.05, 0.1) is 0 Å². The normalized spacial score (nSPS) is 11.6. The third-order valence-corrected chi connectivity index (χ3v) is 4.80. The van der Waals surface area contributed by atoms with Crippen LogP contribution in [0.5, 0.6) is 0 Å². The SMILES string of the molecule is Cc1cc(NC(=O)c2ccc(C(=O)Nc3cc(C)n(C(=O)OC(C)(C)C)n3)cc2)nn1C(=O)OC(C)(C)C. The summed E-state index contributed by atoms with van der Waals surface area (Å²) in [5.74, 6) is -0.595. The van der Waals surface area contributed by atoms with Crippen molar-refractivity contribution in [2.24, 2.45) is 0 Å². The first-order chi connectivity index (χ1) is 17.5. The number of benzene rings is 1. The molecule has 0 fully saturated rings. The van der Waals surface area contributed by atoms with Crippen molar-refractivity contribution < 1.29 is 28.7 Å². The second-order valence-electron chi connectivity index (χ2n) is 10.6. The summed E-state index contributed by atoms with van der Waals surface area (Å²) in [6, 6.07) is 9.00. The molecule has 3 rings (SSSR count). The second kappa shape index (κ2) is 10.5. The quantitative estimate of drug-likeness (QED) is 0.496. The topological polar surface area (TPSA) is 146 Å². The zero-order valence-electron chi connectivity index (χ0n) is 22.7. The lowest BCUT2D eigenvalue weighted by Crippen LogP contribution is -2.28. The third kappa shape index (κ3) is 7.28. The fourth-order valence-electron chi connectivity index (χ4n) is 3.20. The number of aryl methyl sites for hydroxylation is 2. The number of amides is 2. The van der Waals surface area contributed by atoms with Crippen molar-refractivity contribution in [3.63, 3.8) is 0 Å². The number of carbonyl (C=O) groups excluding carboxylic acids is 4. The Labute approximate surface area is 220 Å². The number of hydrogen-bond acceptors (Lipinski definition) is 8. The maximum Gasteiger partial charge on any atom is 0.435 e. The summed E-state index contributed by atoms with van der Waals surface area (Å²) in [7, 11) is 0. The van der Waals surface area contributed by atoms with Crippen molar-refractivity contribution >= 4 is 35.6 Å². The smallest absolute Gasteiger partial charge is 0.435 e. The van der Waals surface area contributed by atoms with Gasteiger partial charge in [0.1, 0.15) is 11.2 Å². The van der Waals surface area contributed by atoms with Crippen LogP contribution in [0.4, 0.5) is 21.2 Å². The summed E-state index contributed by atoms with van der Waals surface area (Å²) in [6.07, 6.45) is -1.31. The molecule has 2 heterocycles. The van der Waals surface area contributed by atoms with E-state index in [0.717, 1.165) is 9.36 Å².